The quantitative estimate of drug-likeness (QED) is 0.403. The van der Waals surface area contributed by atoms with Crippen molar-refractivity contribution in [3.05, 3.63) is 71.0 Å². The van der Waals surface area contributed by atoms with Crippen molar-refractivity contribution in [1.82, 2.24) is 25.5 Å². The molecule has 0 saturated carbocycles. The Bertz CT molecular complexity index is 1420. The fourth-order valence-corrected chi connectivity index (χ4v) is 4.83. The number of benzodiazepines with no additional fused rings is 1. The van der Waals surface area contributed by atoms with Crippen LogP contribution >= 0.6 is 0 Å². The van der Waals surface area contributed by atoms with E-state index in [2.05, 4.69) is 25.8 Å². The average molecular weight is 571 g/mol. The Labute approximate surface area is 235 Å². The minimum atomic E-state index is -4.50. The van der Waals surface area contributed by atoms with Crippen LogP contribution < -0.4 is 16.0 Å². The minimum absolute atomic E-state index is 0.0790. The van der Waals surface area contributed by atoms with E-state index in [1.54, 1.807) is 36.0 Å². The predicted octanol–water partition coefficient (Wildman–Crippen LogP) is 3.72. The fraction of sp³-hybridized carbons (Fsp3) is 0.429. The molecule has 4 rings (SSSR count). The number of benzene rings is 2. The van der Waals surface area contributed by atoms with Gasteiger partial charge in [0.1, 0.15) is 0 Å². The summed E-state index contributed by atoms with van der Waals surface area (Å²) in [5.41, 5.74) is 7.42. The first-order chi connectivity index (χ1) is 19.4. The van der Waals surface area contributed by atoms with E-state index in [1.165, 1.54) is 17.0 Å². The summed E-state index contributed by atoms with van der Waals surface area (Å²) in [5, 5.41) is 14.5. The topological polar surface area (TPSA) is 131 Å². The standard InChI is InChI=1S/C28H33F3N8O2/c1-5-14-39-25(35-36-37-39)22(32)20(15-16(2)3)26(40)34-24-27(41)38(4)21-9-7-6-8-19(21)23(33-24)17-10-12-18(13-11-17)28(29,30)31/h6-13,16,20,22,24H,5,14-15,32H2,1-4H3,(H,34,40). The molecular weight excluding hydrogens is 537 g/mol. The number of para-hydroxylation sites is 1. The molecule has 2 heterocycles. The molecule has 0 spiro atoms. The van der Waals surface area contributed by atoms with Crippen LogP contribution in [0.2, 0.25) is 0 Å². The number of halogens is 3. The number of aliphatic imine (C=N–C) groups is 1. The summed E-state index contributed by atoms with van der Waals surface area (Å²) >= 11 is 0. The number of likely N-dealkylation sites (N-methyl/N-ethyl adjacent to an activating group) is 1. The number of amides is 2. The third-order valence-electron chi connectivity index (χ3n) is 6.90. The number of carbonyl (C=O) groups excluding carboxylic acids is 2. The van der Waals surface area contributed by atoms with Gasteiger partial charge < -0.3 is 16.0 Å². The van der Waals surface area contributed by atoms with E-state index in [1.807, 2.05) is 20.8 Å². The largest absolute Gasteiger partial charge is 0.416 e. The summed E-state index contributed by atoms with van der Waals surface area (Å²) in [6.45, 7) is 6.39. The zero-order valence-corrected chi connectivity index (χ0v) is 23.3. The highest BCUT2D eigenvalue weighted by Gasteiger charge is 2.36. The number of carbonyl (C=O) groups is 2. The first-order valence-electron chi connectivity index (χ1n) is 13.4. The lowest BCUT2D eigenvalue weighted by Crippen LogP contribution is -2.49. The summed E-state index contributed by atoms with van der Waals surface area (Å²) in [6.07, 6.45) is -4.71. The SMILES string of the molecule is CCCn1nnnc1C(N)C(CC(C)C)C(=O)NC1N=C(c2ccc(C(F)(F)F)cc2)c2ccccc2N(C)C1=O. The predicted molar refractivity (Wildman–Crippen MR) is 147 cm³/mol. The Hall–Kier alpha value is -4.13. The van der Waals surface area contributed by atoms with E-state index in [4.69, 9.17) is 5.73 Å². The monoisotopic (exact) mass is 570 g/mol. The molecule has 3 N–H and O–H groups in total. The highest BCUT2D eigenvalue weighted by Crippen LogP contribution is 2.32. The molecule has 0 saturated heterocycles. The maximum atomic E-state index is 13.8. The highest BCUT2D eigenvalue weighted by atomic mass is 19.4. The normalized spacial score (nSPS) is 17.1. The Morgan fingerprint density at radius 1 is 1.12 bits per heavy atom. The molecule has 218 valence electrons. The number of aromatic nitrogens is 4. The number of aryl methyl sites for hydroxylation is 1. The van der Waals surface area contributed by atoms with Crippen molar-refractivity contribution in [2.45, 2.75) is 58.5 Å². The van der Waals surface area contributed by atoms with Crippen molar-refractivity contribution in [2.24, 2.45) is 22.6 Å². The number of hydrogen-bond acceptors (Lipinski definition) is 7. The number of fused-ring (bicyclic) bond motifs is 1. The molecule has 1 aliphatic heterocycles. The van der Waals surface area contributed by atoms with Crippen molar-refractivity contribution >= 4 is 23.2 Å². The van der Waals surface area contributed by atoms with Crippen LogP contribution in [0.4, 0.5) is 18.9 Å². The van der Waals surface area contributed by atoms with E-state index >= 15 is 0 Å². The molecule has 13 heteroatoms. The van der Waals surface area contributed by atoms with E-state index < -0.39 is 41.7 Å². The van der Waals surface area contributed by atoms with E-state index in [9.17, 15) is 22.8 Å². The fourth-order valence-electron chi connectivity index (χ4n) is 4.83. The number of tetrazole rings is 1. The lowest BCUT2D eigenvalue weighted by Gasteiger charge is -2.26. The summed E-state index contributed by atoms with van der Waals surface area (Å²) in [4.78, 5) is 33.3. The number of alkyl halides is 3. The Kier molecular flexibility index (Phi) is 8.86. The van der Waals surface area contributed by atoms with Gasteiger partial charge in [0.15, 0.2) is 5.82 Å². The van der Waals surface area contributed by atoms with Crippen molar-refractivity contribution in [3.63, 3.8) is 0 Å². The summed E-state index contributed by atoms with van der Waals surface area (Å²) in [5.74, 6) is -1.37. The van der Waals surface area contributed by atoms with Crippen LogP contribution in [-0.4, -0.2) is 50.9 Å². The molecule has 2 aromatic carbocycles. The Morgan fingerprint density at radius 2 is 1.80 bits per heavy atom. The van der Waals surface area contributed by atoms with Gasteiger partial charge in [0.05, 0.1) is 28.9 Å². The maximum Gasteiger partial charge on any atom is 0.416 e. The third kappa shape index (κ3) is 6.45. The second kappa shape index (κ2) is 12.2. The molecule has 0 fully saturated rings. The molecule has 41 heavy (non-hydrogen) atoms. The van der Waals surface area contributed by atoms with Crippen LogP contribution in [0.1, 0.15) is 62.2 Å². The van der Waals surface area contributed by atoms with Crippen LogP contribution in [0.3, 0.4) is 0 Å². The van der Waals surface area contributed by atoms with Crippen LogP contribution in [0.25, 0.3) is 0 Å². The molecule has 3 aromatic rings. The molecule has 0 radical (unpaired) electrons. The molecule has 3 atom stereocenters. The smallest absolute Gasteiger partial charge is 0.326 e. The lowest BCUT2D eigenvalue weighted by atomic mass is 9.89. The molecule has 3 unspecified atom stereocenters. The van der Waals surface area contributed by atoms with Crippen LogP contribution in [0.5, 0.6) is 0 Å². The van der Waals surface area contributed by atoms with Gasteiger partial charge in [0, 0.05) is 24.7 Å². The molecule has 2 amide bonds. The lowest BCUT2D eigenvalue weighted by molar-refractivity contribution is -0.137. The average Bonchev–Trinajstić information content (AvgIpc) is 3.37. The zero-order valence-electron chi connectivity index (χ0n) is 23.3. The summed E-state index contributed by atoms with van der Waals surface area (Å²) < 4.78 is 41.2. The van der Waals surface area contributed by atoms with Crippen molar-refractivity contribution in [1.29, 1.82) is 0 Å². The minimum Gasteiger partial charge on any atom is -0.326 e. The molecule has 0 bridgehead atoms. The molecule has 10 nitrogen and oxygen atoms in total. The first-order valence-corrected chi connectivity index (χ1v) is 13.4. The highest BCUT2D eigenvalue weighted by molar-refractivity contribution is 6.20. The van der Waals surface area contributed by atoms with E-state index in [0.29, 0.717) is 35.6 Å². The number of rotatable bonds is 9. The van der Waals surface area contributed by atoms with Crippen molar-refractivity contribution < 1.29 is 22.8 Å². The second-order valence-electron chi connectivity index (χ2n) is 10.4. The number of nitrogens with two attached hydrogens (primary N) is 1. The molecule has 1 aromatic heterocycles. The molecule has 1 aliphatic rings. The van der Waals surface area contributed by atoms with Gasteiger partial charge in [-0.15, -0.1) is 5.10 Å². The van der Waals surface area contributed by atoms with Crippen molar-refractivity contribution in [3.8, 4) is 0 Å². The molecule has 0 aliphatic carbocycles. The van der Waals surface area contributed by atoms with E-state index in [0.717, 1.165) is 18.6 Å². The van der Waals surface area contributed by atoms with Crippen LogP contribution in [0.15, 0.2) is 53.5 Å². The number of nitrogens with zero attached hydrogens (tertiary/aromatic N) is 6. The summed E-state index contributed by atoms with van der Waals surface area (Å²) in [6, 6.07) is 10.6. The van der Waals surface area contributed by atoms with Gasteiger partial charge in [-0.1, -0.05) is 51.1 Å². The Morgan fingerprint density at radius 3 is 2.44 bits per heavy atom. The zero-order chi connectivity index (χ0) is 29.9. The van der Waals surface area contributed by atoms with Gasteiger partial charge in [-0.3, -0.25) is 9.59 Å². The first kappa shape index (κ1) is 29.8. The third-order valence-corrected chi connectivity index (χ3v) is 6.90. The van der Waals surface area contributed by atoms with Gasteiger partial charge in [-0.2, -0.15) is 13.2 Å². The number of nitrogens with one attached hydrogen (secondary N) is 1. The van der Waals surface area contributed by atoms with Crippen LogP contribution in [0, 0.1) is 11.8 Å². The Balaban J connectivity index is 1.72. The van der Waals surface area contributed by atoms with Gasteiger partial charge >= 0.3 is 6.18 Å². The second-order valence-corrected chi connectivity index (χ2v) is 10.4. The van der Waals surface area contributed by atoms with Gasteiger partial charge in [0.25, 0.3) is 5.91 Å². The van der Waals surface area contributed by atoms with E-state index in [-0.39, 0.29) is 11.6 Å². The van der Waals surface area contributed by atoms with Gasteiger partial charge in [0.2, 0.25) is 12.1 Å². The number of hydrogen-bond donors (Lipinski definition) is 2. The van der Waals surface area contributed by atoms with Crippen molar-refractivity contribution in [2.75, 3.05) is 11.9 Å². The maximum absolute atomic E-state index is 13.8. The number of anilines is 1. The summed E-state index contributed by atoms with van der Waals surface area (Å²) in [7, 11) is 1.56. The van der Waals surface area contributed by atoms with Gasteiger partial charge in [-0.25, -0.2) is 9.67 Å². The van der Waals surface area contributed by atoms with Crippen LogP contribution in [-0.2, 0) is 22.3 Å². The molecular formula is C28H33F3N8O2. The van der Waals surface area contributed by atoms with Gasteiger partial charge in [-0.05, 0) is 47.4 Å².